The first-order valence-corrected chi connectivity index (χ1v) is 10.6. The number of rotatable bonds is 3. The molecule has 30 heavy (non-hydrogen) atoms. The van der Waals surface area contributed by atoms with E-state index in [0.29, 0.717) is 13.1 Å². The van der Waals surface area contributed by atoms with Crippen molar-refractivity contribution >= 4 is 0 Å². The van der Waals surface area contributed by atoms with Crippen LogP contribution < -0.4 is 11.5 Å². The van der Waals surface area contributed by atoms with Gasteiger partial charge in [-0.15, -0.1) is 0 Å². The van der Waals surface area contributed by atoms with E-state index in [0.717, 1.165) is 60.1 Å². The Bertz CT molecular complexity index is 1180. The van der Waals surface area contributed by atoms with Crippen molar-refractivity contribution in [2.45, 2.75) is 38.8 Å². The Kier molecular flexibility index (Phi) is 3.91. The first-order valence-electron chi connectivity index (χ1n) is 10.6. The van der Waals surface area contributed by atoms with Gasteiger partial charge in [0.2, 0.25) is 0 Å². The number of imidazole rings is 2. The van der Waals surface area contributed by atoms with E-state index in [2.05, 4.69) is 56.3 Å². The lowest BCUT2D eigenvalue weighted by Crippen LogP contribution is -2.05. The molecule has 2 aliphatic rings. The maximum absolute atomic E-state index is 5.77. The second kappa shape index (κ2) is 6.65. The highest BCUT2D eigenvalue weighted by molar-refractivity contribution is 5.78. The fourth-order valence-electron chi connectivity index (χ4n) is 4.88. The zero-order valence-corrected chi connectivity index (χ0v) is 16.8. The predicted molar refractivity (Wildman–Crippen MR) is 118 cm³/mol. The number of nitrogens with one attached hydrogen (secondary N) is 2. The van der Waals surface area contributed by atoms with E-state index >= 15 is 0 Å². The van der Waals surface area contributed by atoms with Crippen molar-refractivity contribution in [1.29, 1.82) is 0 Å². The van der Waals surface area contributed by atoms with Crippen molar-refractivity contribution < 1.29 is 0 Å². The van der Waals surface area contributed by atoms with Gasteiger partial charge in [-0.3, -0.25) is 0 Å². The Balaban J connectivity index is 1.38. The monoisotopic (exact) mass is 396 g/mol. The minimum atomic E-state index is 0.445. The summed E-state index contributed by atoms with van der Waals surface area (Å²) in [6.45, 7) is 0.890. The van der Waals surface area contributed by atoms with Crippen LogP contribution in [0.2, 0.25) is 0 Å². The molecule has 2 aromatic heterocycles. The molecule has 0 fully saturated rings. The summed E-state index contributed by atoms with van der Waals surface area (Å²) in [4.78, 5) is 16.1. The van der Waals surface area contributed by atoms with Gasteiger partial charge in [-0.25, -0.2) is 9.97 Å². The maximum atomic E-state index is 5.77. The summed E-state index contributed by atoms with van der Waals surface area (Å²) in [5.41, 5.74) is 23.8. The van der Waals surface area contributed by atoms with Gasteiger partial charge in [-0.1, -0.05) is 36.4 Å². The molecule has 0 saturated heterocycles. The summed E-state index contributed by atoms with van der Waals surface area (Å²) in [5.74, 6) is 1.73. The number of nitrogens with two attached hydrogens (primary N) is 2. The molecule has 0 spiro atoms. The number of nitrogens with zero attached hydrogens (tertiary/aromatic N) is 2. The van der Waals surface area contributed by atoms with Gasteiger partial charge in [-0.05, 0) is 47.9 Å². The molecule has 6 rings (SSSR count). The Hall–Kier alpha value is -3.22. The van der Waals surface area contributed by atoms with Crippen LogP contribution in [-0.2, 0) is 38.8 Å². The zero-order chi connectivity index (χ0) is 20.2. The lowest BCUT2D eigenvalue weighted by molar-refractivity contribution is 0.887. The molecule has 0 aliphatic heterocycles. The first-order chi connectivity index (χ1) is 14.7. The van der Waals surface area contributed by atoms with Gasteiger partial charge in [0.25, 0.3) is 0 Å². The standard InChI is InChI=1S/C24H24N6/c25-11-21-27-19-7-3-15-9-13(1-5-17(15)23(19)29-21)14-2-6-18-16(10-14)4-8-20-24(18)30-22(12-26)28-20/h1-2,5-6,9-10H,3-4,7-8,11-12,25-26H2,(H,27,29)(H,28,30). The minimum absolute atomic E-state index is 0.445. The summed E-state index contributed by atoms with van der Waals surface area (Å²) in [5, 5.41) is 0. The van der Waals surface area contributed by atoms with Gasteiger partial charge in [-0.2, -0.15) is 0 Å². The molecule has 6 N–H and O–H groups in total. The van der Waals surface area contributed by atoms with E-state index in [9.17, 15) is 0 Å². The topological polar surface area (TPSA) is 109 Å². The maximum Gasteiger partial charge on any atom is 0.120 e. The largest absolute Gasteiger partial charge is 0.341 e. The highest BCUT2D eigenvalue weighted by Gasteiger charge is 2.22. The highest BCUT2D eigenvalue weighted by Crippen LogP contribution is 2.37. The molecule has 0 bridgehead atoms. The Morgan fingerprint density at radius 2 is 1.13 bits per heavy atom. The van der Waals surface area contributed by atoms with Crippen LogP contribution in [0.5, 0.6) is 0 Å². The first kappa shape index (κ1) is 17.6. The van der Waals surface area contributed by atoms with Crippen molar-refractivity contribution in [2.75, 3.05) is 0 Å². The van der Waals surface area contributed by atoms with Crippen LogP contribution in [-0.4, -0.2) is 19.9 Å². The molecule has 0 unspecified atom stereocenters. The van der Waals surface area contributed by atoms with Crippen LogP contribution >= 0.6 is 0 Å². The van der Waals surface area contributed by atoms with Gasteiger partial charge in [0.1, 0.15) is 11.6 Å². The summed E-state index contributed by atoms with van der Waals surface area (Å²) < 4.78 is 0. The molecule has 2 aliphatic carbocycles. The van der Waals surface area contributed by atoms with Gasteiger partial charge in [0, 0.05) is 11.1 Å². The third-order valence-corrected chi connectivity index (χ3v) is 6.39. The van der Waals surface area contributed by atoms with Crippen LogP contribution in [0.15, 0.2) is 36.4 Å². The Labute approximate surface area is 174 Å². The van der Waals surface area contributed by atoms with Crippen molar-refractivity contribution in [3.05, 3.63) is 70.6 Å². The fraction of sp³-hybridized carbons (Fsp3) is 0.250. The predicted octanol–water partition coefficient (Wildman–Crippen LogP) is 3.25. The van der Waals surface area contributed by atoms with E-state index < -0.39 is 0 Å². The number of fused-ring (bicyclic) bond motifs is 6. The average Bonchev–Trinajstić information content (AvgIpc) is 3.42. The number of aromatic amines is 2. The van der Waals surface area contributed by atoms with Crippen LogP contribution in [0.3, 0.4) is 0 Å². The van der Waals surface area contributed by atoms with Gasteiger partial charge in [0.15, 0.2) is 0 Å². The molecule has 150 valence electrons. The minimum Gasteiger partial charge on any atom is -0.341 e. The third kappa shape index (κ3) is 2.65. The molecule has 6 nitrogen and oxygen atoms in total. The number of hydrogen-bond donors (Lipinski definition) is 4. The molecule has 6 heteroatoms. The lowest BCUT2D eigenvalue weighted by atomic mass is 9.87. The summed E-state index contributed by atoms with van der Waals surface area (Å²) in [6.07, 6.45) is 3.93. The molecule has 2 aromatic carbocycles. The van der Waals surface area contributed by atoms with E-state index in [-0.39, 0.29) is 0 Å². The number of H-pyrrole nitrogens is 2. The number of aryl methyl sites for hydroxylation is 4. The van der Waals surface area contributed by atoms with E-state index in [1.165, 1.54) is 33.4 Å². The van der Waals surface area contributed by atoms with E-state index in [1.54, 1.807) is 0 Å². The Morgan fingerprint density at radius 3 is 1.57 bits per heavy atom. The van der Waals surface area contributed by atoms with Gasteiger partial charge in [0.05, 0.1) is 35.9 Å². The smallest absolute Gasteiger partial charge is 0.120 e. The Morgan fingerprint density at radius 1 is 0.667 bits per heavy atom. The normalized spacial score (nSPS) is 14.1. The molecule has 0 saturated carbocycles. The zero-order valence-electron chi connectivity index (χ0n) is 16.8. The number of aromatic nitrogens is 4. The van der Waals surface area contributed by atoms with Crippen LogP contribution in [0.4, 0.5) is 0 Å². The van der Waals surface area contributed by atoms with Crippen molar-refractivity contribution in [3.8, 4) is 33.6 Å². The van der Waals surface area contributed by atoms with Crippen LogP contribution in [0.1, 0.15) is 34.2 Å². The quantitative estimate of drug-likeness (QED) is 0.426. The molecular formula is C24H24N6. The van der Waals surface area contributed by atoms with E-state index in [4.69, 9.17) is 11.5 Å². The second-order valence-corrected chi connectivity index (χ2v) is 8.16. The molecule has 2 heterocycles. The molecule has 4 aromatic rings. The fourth-order valence-corrected chi connectivity index (χ4v) is 4.88. The van der Waals surface area contributed by atoms with E-state index in [1.807, 2.05) is 0 Å². The molecule has 0 atom stereocenters. The van der Waals surface area contributed by atoms with Crippen molar-refractivity contribution in [2.24, 2.45) is 11.5 Å². The van der Waals surface area contributed by atoms with Crippen molar-refractivity contribution in [3.63, 3.8) is 0 Å². The number of hydrogen-bond acceptors (Lipinski definition) is 4. The average molecular weight is 396 g/mol. The van der Waals surface area contributed by atoms with Crippen LogP contribution in [0.25, 0.3) is 33.6 Å². The van der Waals surface area contributed by atoms with Crippen LogP contribution in [0, 0.1) is 0 Å². The van der Waals surface area contributed by atoms with Crippen molar-refractivity contribution in [1.82, 2.24) is 19.9 Å². The summed E-state index contributed by atoms with van der Waals surface area (Å²) in [6, 6.07) is 13.5. The summed E-state index contributed by atoms with van der Waals surface area (Å²) in [7, 11) is 0. The SMILES string of the molecule is NCc1nc2c([nH]1)-c1ccc(-c3ccc4c(c3)CCc3nc(CN)[nH]c3-4)cc1CC2. The van der Waals surface area contributed by atoms with Gasteiger partial charge >= 0.3 is 0 Å². The summed E-state index contributed by atoms with van der Waals surface area (Å²) >= 11 is 0. The lowest BCUT2D eigenvalue weighted by Gasteiger charge is -2.19. The van der Waals surface area contributed by atoms with Gasteiger partial charge < -0.3 is 21.4 Å². The molecular weight excluding hydrogens is 372 g/mol. The molecule has 0 radical (unpaired) electrons. The molecule has 0 amide bonds. The highest BCUT2D eigenvalue weighted by atomic mass is 15.0. The number of benzene rings is 2. The third-order valence-electron chi connectivity index (χ3n) is 6.39. The second-order valence-electron chi connectivity index (χ2n) is 8.16.